The van der Waals surface area contributed by atoms with Crippen LogP contribution in [0.4, 0.5) is 0 Å². The summed E-state index contributed by atoms with van der Waals surface area (Å²) in [5.74, 6) is -2.99. The average molecular weight is 224 g/mol. The molecule has 0 unspecified atom stereocenters. The fourth-order valence-electron chi connectivity index (χ4n) is 0.214. The molecule has 0 aromatic rings. The molecule has 0 saturated heterocycles. The van der Waals surface area contributed by atoms with Crippen molar-refractivity contribution < 1.29 is 39.6 Å². The average Bonchev–Trinajstić information content (AvgIpc) is 2.01. The summed E-state index contributed by atoms with van der Waals surface area (Å²) in [6, 6.07) is 0. The van der Waals surface area contributed by atoms with Crippen LogP contribution in [0.5, 0.6) is 0 Å². The van der Waals surface area contributed by atoms with Gasteiger partial charge in [0.15, 0.2) is 0 Å². The first kappa shape index (κ1) is 18.6. The van der Waals surface area contributed by atoms with E-state index in [0.717, 1.165) is 6.92 Å². The summed E-state index contributed by atoms with van der Waals surface area (Å²) >= 11 is 0. The third-order valence-electron chi connectivity index (χ3n) is 0.553. The molecule has 8 heteroatoms. The Hall–Kier alpha value is -2.12. The van der Waals surface area contributed by atoms with Gasteiger partial charge in [0.1, 0.15) is 0 Å². The lowest BCUT2D eigenvalue weighted by atomic mass is 10.3. The van der Waals surface area contributed by atoms with E-state index in [1.54, 1.807) is 0 Å². The Labute approximate surface area is 84.8 Å². The van der Waals surface area contributed by atoms with Crippen LogP contribution in [0.2, 0.25) is 0 Å². The van der Waals surface area contributed by atoms with Gasteiger partial charge < -0.3 is 20.4 Å². The number of carboxylic acid groups (broad SMARTS) is 4. The lowest BCUT2D eigenvalue weighted by Gasteiger charge is -1.85. The summed E-state index contributed by atoms with van der Waals surface area (Å²) < 4.78 is 0. The molecule has 0 rings (SSSR count). The molecule has 0 aliphatic rings. The van der Waals surface area contributed by atoms with Crippen molar-refractivity contribution in [2.24, 2.45) is 0 Å². The Kier molecular flexibility index (Phi) is 17.9. The van der Waals surface area contributed by atoms with E-state index in [0.29, 0.717) is 0 Å². The minimum Gasteiger partial charge on any atom is -0.483 e. The van der Waals surface area contributed by atoms with Crippen molar-refractivity contribution in [1.29, 1.82) is 0 Å². The van der Waals surface area contributed by atoms with Crippen molar-refractivity contribution in [3.05, 3.63) is 0 Å². The fraction of sp³-hybridized carbons (Fsp3) is 0.429. The van der Waals surface area contributed by atoms with Crippen LogP contribution in [0.1, 0.15) is 19.8 Å². The zero-order valence-corrected chi connectivity index (χ0v) is 7.91. The predicted molar refractivity (Wildman–Crippen MR) is 46.5 cm³/mol. The number of carbonyl (C=O) groups is 4. The summed E-state index contributed by atoms with van der Waals surface area (Å²) in [6.45, 7) is 0.833. The Morgan fingerprint density at radius 1 is 1.00 bits per heavy atom. The first-order valence-electron chi connectivity index (χ1n) is 3.48. The summed E-state index contributed by atoms with van der Waals surface area (Å²) in [7, 11) is 0. The van der Waals surface area contributed by atoms with Gasteiger partial charge in [0, 0.05) is 6.92 Å². The minimum atomic E-state index is -1.08. The topological polar surface area (TPSA) is 149 Å². The molecule has 0 heterocycles. The molecule has 0 saturated carbocycles. The quantitative estimate of drug-likeness (QED) is 0.478. The number of carboxylic acids is 3. The monoisotopic (exact) mass is 224 g/mol. The van der Waals surface area contributed by atoms with Gasteiger partial charge in [-0.05, 0) is 0 Å². The molecule has 0 fully saturated rings. The third kappa shape index (κ3) is 140. The fourth-order valence-corrected chi connectivity index (χ4v) is 0.214. The van der Waals surface area contributed by atoms with E-state index in [2.05, 4.69) is 0 Å². The molecule has 0 amide bonds. The van der Waals surface area contributed by atoms with Crippen LogP contribution in [0.25, 0.3) is 0 Å². The molecule has 0 aromatic carbocycles. The minimum absolute atomic E-state index is 0.250. The van der Waals surface area contributed by atoms with E-state index in [9.17, 15) is 9.59 Å². The normalized spacial score (nSPS) is 7.00. The van der Waals surface area contributed by atoms with Gasteiger partial charge in [-0.1, -0.05) is 0 Å². The molecular weight excluding hydrogens is 212 g/mol. The molecular formula is C7H12O8. The molecule has 0 aliphatic carbocycles. The Morgan fingerprint density at radius 2 is 1.13 bits per heavy atom. The summed E-state index contributed by atoms with van der Waals surface area (Å²) in [5, 5.41) is 30.1. The highest BCUT2D eigenvalue weighted by Gasteiger charge is 2.00. The standard InChI is InChI=1S/C4H6O4.C2H4O2.CH2O2/c5-3(6)1-2-4(7)8;1-2(3)4;2-1-3/h1-2H2,(H,5,6)(H,7,8);1H3,(H,3,4);1H,(H,2,3). The Balaban J connectivity index is -0.000000173. The predicted octanol–water partition coefficient (Wildman–Crippen LogP) is -0.272. The lowest BCUT2D eigenvalue weighted by molar-refractivity contribution is -0.143. The third-order valence-corrected chi connectivity index (χ3v) is 0.553. The van der Waals surface area contributed by atoms with E-state index < -0.39 is 17.9 Å². The van der Waals surface area contributed by atoms with Gasteiger partial charge in [-0.15, -0.1) is 0 Å². The lowest BCUT2D eigenvalue weighted by Crippen LogP contribution is -2.00. The molecule has 0 aromatic heterocycles. The van der Waals surface area contributed by atoms with Crippen LogP contribution in [-0.2, 0) is 19.2 Å². The second-order valence-electron chi connectivity index (χ2n) is 1.91. The van der Waals surface area contributed by atoms with Crippen molar-refractivity contribution in [1.82, 2.24) is 0 Å². The second-order valence-corrected chi connectivity index (χ2v) is 1.91. The maximum absolute atomic E-state index is 9.64. The van der Waals surface area contributed by atoms with E-state index in [4.69, 9.17) is 30.0 Å². The largest absolute Gasteiger partial charge is 0.483 e. The van der Waals surface area contributed by atoms with Crippen molar-refractivity contribution >= 4 is 24.4 Å². The molecule has 0 spiro atoms. The van der Waals surface area contributed by atoms with Gasteiger partial charge in [-0.3, -0.25) is 19.2 Å². The van der Waals surface area contributed by atoms with Crippen molar-refractivity contribution in [2.45, 2.75) is 19.8 Å². The zero-order valence-electron chi connectivity index (χ0n) is 7.91. The van der Waals surface area contributed by atoms with E-state index >= 15 is 0 Å². The Morgan fingerprint density at radius 3 is 1.20 bits per heavy atom. The number of aliphatic carboxylic acids is 3. The maximum Gasteiger partial charge on any atom is 0.303 e. The van der Waals surface area contributed by atoms with Crippen LogP contribution in [0.3, 0.4) is 0 Å². The highest BCUT2D eigenvalue weighted by Crippen LogP contribution is 1.86. The highest BCUT2D eigenvalue weighted by atomic mass is 16.4. The number of rotatable bonds is 3. The Bertz CT molecular complexity index is 191. The van der Waals surface area contributed by atoms with Crippen LogP contribution in [0.15, 0.2) is 0 Å². The molecule has 0 bridgehead atoms. The molecule has 0 aliphatic heterocycles. The molecule has 0 radical (unpaired) electrons. The maximum atomic E-state index is 9.64. The summed E-state index contributed by atoms with van der Waals surface area (Å²) in [6.07, 6.45) is -0.593. The zero-order chi connectivity index (χ0) is 12.9. The van der Waals surface area contributed by atoms with Gasteiger partial charge >= 0.3 is 11.9 Å². The van der Waals surface area contributed by atoms with Crippen molar-refractivity contribution in [3.63, 3.8) is 0 Å². The van der Waals surface area contributed by atoms with Gasteiger partial charge in [0.2, 0.25) is 0 Å². The first-order chi connectivity index (χ1) is 6.77. The van der Waals surface area contributed by atoms with Crippen LogP contribution >= 0.6 is 0 Å². The van der Waals surface area contributed by atoms with Crippen molar-refractivity contribution in [3.8, 4) is 0 Å². The highest BCUT2D eigenvalue weighted by molar-refractivity contribution is 5.75. The summed E-state index contributed by atoms with van der Waals surface area (Å²) in [5.41, 5.74) is 0. The van der Waals surface area contributed by atoms with Gasteiger partial charge in [-0.2, -0.15) is 0 Å². The number of hydrogen-bond acceptors (Lipinski definition) is 4. The van der Waals surface area contributed by atoms with Gasteiger partial charge in [0.05, 0.1) is 12.8 Å². The molecule has 4 N–H and O–H groups in total. The van der Waals surface area contributed by atoms with Crippen LogP contribution < -0.4 is 0 Å². The van der Waals surface area contributed by atoms with Gasteiger partial charge in [0.25, 0.3) is 12.4 Å². The van der Waals surface area contributed by atoms with E-state index in [-0.39, 0.29) is 19.3 Å². The molecule has 88 valence electrons. The van der Waals surface area contributed by atoms with Crippen LogP contribution in [0, 0.1) is 0 Å². The smallest absolute Gasteiger partial charge is 0.303 e. The van der Waals surface area contributed by atoms with E-state index in [1.165, 1.54) is 0 Å². The van der Waals surface area contributed by atoms with Gasteiger partial charge in [-0.25, -0.2) is 0 Å². The molecule has 8 nitrogen and oxygen atoms in total. The first-order valence-corrected chi connectivity index (χ1v) is 3.48. The number of hydrogen-bond donors (Lipinski definition) is 4. The second kappa shape index (κ2) is 14.4. The molecule has 15 heavy (non-hydrogen) atoms. The van der Waals surface area contributed by atoms with Crippen molar-refractivity contribution in [2.75, 3.05) is 0 Å². The summed E-state index contributed by atoms with van der Waals surface area (Å²) in [4.78, 5) is 36.6. The van der Waals surface area contributed by atoms with Crippen LogP contribution in [-0.4, -0.2) is 44.8 Å². The molecule has 0 atom stereocenters. The van der Waals surface area contributed by atoms with E-state index in [1.807, 2.05) is 0 Å². The SMILES string of the molecule is CC(=O)O.O=C(O)CCC(=O)O.O=CO.